The first-order chi connectivity index (χ1) is 15.3. The van der Waals surface area contributed by atoms with Crippen molar-refractivity contribution in [1.29, 1.82) is 0 Å². The molecule has 1 fully saturated rings. The minimum atomic E-state index is -3.61. The van der Waals surface area contributed by atoms with E-state index in [4.69, 9.17) is 0 Å². The van der Waals surface area contributed by atoms with E-state index < -0.39 is 27.8 Å². The Morgan fingerprint density at radius 1 is 1.25 bits per heavy atom. The molecular weight excluding hydrogens is 450 g/mol. The topological polar surface area (TPSA) is 113 Å². The molecule has 2 amide bonds. The Hall–Kier alpha value is -2.76. The fourth-order valence-electron chi connectivity index (χ4n) is 4.00. The van der Waals surface area contributed by atoms with Gasteiger partial charge in [0.2, 0.25) is 5.91 Å². The summed E-state index contributed by atoms with van der Waals surface area (Å²) in [6.07, 6.45) is 1.13. The summed E-state index contributed by atoms with van der Waals surface area (Å²) in [6, 6.07) is 8.46. The molecular formula is C21H25N5O4S2. The number of benzene rings is 1. The van der Waals surface area contributed by atoms with Gasteiger partial charge in [0.25, 0.3) is 15.9 Å². The number of imidazole rings is 1. The largest absolute Gasteiger partial charge is 0.329 e. The average Bonchev–Trinajstić information content (AvgIpc) is 3.44. The van der Waals surface area contributed by atoms with E-state index in [-0.39, 0.29) is 10.8 Å². The van der Waals surface area contributed by atoms with E-state index in [9.17, 15) is 18.0 Å². The second-order valence-electron chi connectivity index (χ2n) is 7.68. The third-order valence-corrected chi connectivity index (χ3v) is 8.90. The van der Waals surface area contributed by atoms with Crippen molar-refractivity contribution in [3.05, 3.63) is 47.1 Å². The van der Waals surface area contributed by atoms with Crippen molar-refractivity contribution in [2.75, 3.05) is 13.1 Å². The first kappa shape index (κ1) is 22.4. The van der Waals surface area contributed by atoms with Crippen LogP contribution in [0.15, 0.2) is 39.9 Å². The predicted molar refractivity (Wildman–Crippen MR) is 122 cm³/mol. The van der Waals surface area contributed by atoms with E-state index >= 15 is 0 Å². The highest BCUT2D eigenvalue weighted by Crippen LogP contribution is 2.26. The third-order valence-electron chi connectivity index (χ3n) is 5.66. The summed E-state index contributed by atoms with van der Waals surface area (Å²) in [7, 11) is -3.61. The number of fused-ring (bicyclic) bond motifs is 1. The summed E-state index contributed by atoms with van der Waals surface area (Å²) >= 11 is 1.16. The molecule has 0 saturated carbocycles. The van der Waals surface area contributed by atoms with E-state index in [0.717, 1.165) is 29.2 Å². The highest BCUT2D eigenvalue weighted by Gasteiger charge is 2.34. The highest BCUT2D eigenvalue weighted by atomic mass is 32.2. The summed E-state index contributed by atoms with van der Waals surface area (Å²) in [4.78, 5) is 29.7. The van der Waals surface area contributed by atoms with Gasteiger partial charge in [0.1, 0.15) is 10.0 Å². The number of nitrogens with zero attached hydrogens (tertiary/aromatic N) is 3. The van der Waals surface area contributed by atoms with E-state index in [1.165, 1.54) is 4.31 Å². The van der Waals surface area contributed by atoms with Crippen LogP contribution in [0.4, 0.5) is 0 Å². The molecule has 1 saturated heterocycles. The number of rotatable bonds is 5. The Balaban J connectivity index is 1.39. The molecule has 9 nitrogen and oxygen atoms in total. The van der Waals surface area contributed by atoms with Crippen LogP contribution >= 0.6 is 11.3 Å². The zero-order chi connectivity index (χ0) is 22.9. The number of aromatic nitrogens is 2. The number of aryl methyl sites for hydroxylation is 2. The Kier molecular flexibility index (Phi) is 6.31. The molecule has 3 heterocycles. The van der Waals surface area contributed by atoms with Crippen molar-refractivity contribution in [3.8, 4) is 0 Å². The molecule has 1 unspecified atom stereocenters. The maximum Gasteiger partial charge on any atom is 0.269 e. The summed E-state index contributed by atoms with van der Waals surface area (Å²) in [6.45, 7) is 5.18. The number of amides is 2. The number of carbonyl (C=O) groups is 2. The van der Waals surface area contributed by atoms with Crippen LogP contribution in [-0.4, -0.2) is 47.2 Å². The van der Waals surface area contributed by atoms with Gasteiger partial charge in [0, 0.05) is 25.2 Å². The number of nitrogens with one attached hydrogen (secondary N) is 2. The van der Waals surface area contributed by atoms with Gasteiger partial charge in [-0.15, -0.1) is 11.3 Å². The number of sulfonamides is 1. The lowest BCUT2D eigenvalue weighted by molar-refractivity contribution is -0.126. The van der Waals surface area contributed by atoms with Crippen molar-refractivity contribution in [3.63, 3.8) is 0 Å². The van der Waals surface area contributed by atoms with Crippen molar-refractivity contribution >= 4 is 44.2 Å². The number of hydrogen-bond donors (Lipinski definition) is 2. The summed E-state index contributed by atoms with van der Waals surface area (Å²) in [5, 5.41) is 1.71. The van der Waals surface area contributed by atoms with Crippen LogP contribution in [0.3, 0.4) is 0 Å². The summed E-state index contributed by atoms with van der Waals surface area (Å²) in [5.41, 5.74) is 6.92. The molecule has 0 spiro atoms. The first-order valence-corrected chi connectivity index (χ1v) is 12.7. The molecule has 4 rings (SSSR count). The van der Waals surface area contributed by atoms with E-state index in [1.54, 1.807) is 29.6 Å². The SMILES string of the molecule is CCn1c(C)nc2cc(C(=O)NNC(=O)C3CCCN(S(=O)(=O)c4cccs4)C3)ccc21. The Morgan fingerprint density at radius 3 is 2.78 bits per heavy atom. The molecule has 2 aromatic heterocycles. The fraction of sp³-hybridized carbons (Fsp3) is 0.381. The normalized spacial score (nSPS) is 17.4. The van der Waals surface area contributed by atoms with Crippen LogP contribution in [0.5, 0.6) is 0 Å². The molecule has 11 heteroatoms. The lowest BCUT2D eigenvalue weighted by Crippen LogP contribution is -2.49. The standard InChI is InChI=1S/C21H25N5O4S2/c1-3-26-14(2)22-17-12-15(8-9-18(17)26)20(27)23-24-21(28)16-6-4-10-25(13-16)32(29,30)19-7-5-11-31-19/h5,7-9,11-12,16H,3-4,6,10,13H2,1-2H3,(H,23,27)(H,24,28). The number of piperidine rings is 1. The quantitative estimate of drug-likeness (QED) is 0.550. The highest BCUT2D eigenvalue weighted by molar-refractivity contribution is 7.91. The van der Waals surface area contributed by atoms with Crippen LogP contribution in [-0.2, 0) is 21.4 Å². The lowest BCUT2D eigenvalue weighted by Gasteiger charge is -2.30. The van der Waals surface area contributed by atoms with Crippen LogP contribution in [0.2, 0.25) is 0 Å². The molecule has 0 radical (unpaired) electrons. The zero-order valence-electron chi connectivity index (χ0n) is 17.9. The van der Waals surface area contributed by atoms with Gasteiger partial charge in [-0.2, -0.15) is 4.31 Å². The smallest absolute Gasteiger partial charge is 0.269 e. The molecule has 0 aliphatic carbocycles. The average molecular weight is 476 g/mol. The van der Waals surface area contributed by atoms with Gasteiger partial charge in [-0.3, -0.25) is 20.4 Å². The fourth-order valence-corrected chi connectivity index (χ4v) is 6.66. The number of thiophene rings is 1. The maximum absolute atomic E-state index is 12.7. The van der Waals surface area contributed by atoms with Gasteiger partial charge < -0.3 is 4.57 Å². The van der Waals surface area contributed by atoms with Crippen LogP contribution in [0, 0.1) is 12.8 Å². The van der Waals surface area contributed by atoms with Gasteiger partial charge in [0.15, 0.2) is 0 Å². The first-order valence-electron chi connectivity index (χ1n) is 10.4. The maximum atomic E-state index is 12.7. The lowest BCUT2D eigenvalue weighted by atomic mass is 9.99. The summed E-state index contributed by atoms with van der Waals surface area (Å²) < 4.78 is 29.2. The Labute approximate surface area is 190 Å². The molecule has 2 N–H and O–H groups in total. The molecule has 1 aromatic carbocycles. The van der Waals surface area contributed by atoms with Crippen molar-refractivity contribution < 1.29 is 18.0 Å². The minimum Gasteiger partial charge on any atom is -0.329 e. The van der Waals surface area contributed by atoms with Crippen LogP contribution in [0.25, 0.3) is 11.0 Å². The monoisotopic (exact) mass is 475 g/mol. The molecule has 1 atom stereocenters. The van der Waals surface area contributed by atoms with Crippen LogP contribution in [0.1, 0.15) is 35.9 Å². The number of carbonyl (C=O) groups excluding carboxylic acids is 2. The van der Waals surface area contributed by atoms with Crippen LogP contribution < -0.4 is 10.9 Å². The number of hydrazine groups is 1. The molecule has 170 valence electrons. The van der Waals surface area contributed by atoms with E-state index in [1.807, 2.05) is 19.9 Å². The second kappa shape index (κ2) is 9.00. The minimum absolute atomic E-state index is 0.0849. The third kappa shape index (κ3) is 4.27. The molecule has 0 bridgehead atoms. The zero-order valence-corrected chi connectivity index (χ0v) is 19.5. The van der Waals surface area contributed by atoms with Gasteiger partial charge >= 0.3 is 0 Å². The van der Waals surface area contributed by atoms with Crippen molar-refractivity contribution in [2.24, 2.45) is 5.92 Å². The van der Waals surface area contributed by atoms with E-state index in [2.05, 4.69) is 20.4 Å². The van der Waals surface area contributed by atoms with Crippen molar-refractivity contribution in [2.45, 2.75) is 37.4 Å². The second-order valence-corrected chi connectivity index (χ2v) is 10.8. The van der Waals surface area contributed by atoms with Gasteiger partial charge in [-0.25, -0.2) is 13.4 Å². The van der Waals surface area contributed by atoms with Crippen molar-refractivity contribution in [1.82, 2.24) is 24.7 Å². The van der Waals surface area contributed by atoms with Gasteiger partial charge in [-0.1, -0.05) is 6.07 Å². The molecule has 1 aliphatic rings. The van der Waals surface area contributed by atoms with E-state index in [0.29, 0.717) is 30.5 Å². The number of hydrogen-bond acceptors (Lipinski definition) is 6. The Bertz CT molecular complexity index is 1250. The molecule has 3 aromatic rings. The predicted octanol–water partition coefficient (Wildman–Crippen LogP) is 2.29. The summed E-state index contributed by atoms with van der Waals surface area (Å²) in [5.74, 6) is -0.531. The molecule has 32 heavy (non-hydrogen) atoms. The van der Waals surface area contributed by atoms with Gasteiger partial charge in [0.05, 0.1) is 17.0 Å². The molecule has 1 aliphatic heterocycles. The van der Waals surface area contributed by atoms with Gasteiger partial charge in [-0.05, 0) is 56.3 Å². The Morgan fingerprint density at radius 2 is 2.06 bits per heavy atom.